The van der Waals surface area contributed by atoms with Crippen LogP contribution in [0.5, 0.6) is 0 Å². The zero-order valence-corrected chi connectivity index (χ0v) is 17.4. The summed E-state index contributed by atoms with van der Waals surface area (Å²) in [6.07, 6.45) is 4.54. The van der Waals surface area contributed by atoms with Crippen molar-refractivity contribution in [2.45, 2.75) is 51.9 Å². The van der Waals surface area contributed by atoms with Crippen LogP contribution in [-0.2, 0) is 18.7 Å². The van der Waals surface area contributed by atoms with E-state index in [-0.39, 0.29) is 23.8 Å². The fourth-order valence-electron chi connectivity index (χ4n) is 1.92. The highest BCUT2D eigenvalue weighted by Crippen LogP contribution is 2.36. The zero-order chi connectivity index (χ0) is 19.3. The Balaban J connectivity index is 2.63. The van der Waals surface area contributed by atoms with Crippen LogP contribution in [0.25, 0.3) is 0 Å². The minimum absolute atomic E-state index is 0.163. The van der Waals surface area contributed by atoms with Gasteiger partial charge in [0.1, 0.15) is 6.61 Å². The normalized spacial score (nSPS) is 19.5. The summed E-state index contributed by atoms with van der Waals surface area (Å²) in [6, 6.07) is -0.267. The molecule has 0 spiro atoms. The Morgan fingerprint density at radius 1 is 1.40 bits per heavy atom. The highest BCUT2D eigenvalue weighted by Gasteiger charge is 2.37. The van der Waals surface area contributed by atoms with E-state index in [2.05, 4.69) is 38.6 Å². The number of ether oxygens (including phenoxy) is 2. The molecule has 6 nitrogen and oxygen atoms in total. The van der Waals surface area contributed by atoms with E-state index in [4.69, 9.17) is 9.16 Å². The third-order valence-corrected chi connectivity index (χ3v) is 9.25. The Labute approximate surface area is 151 Å². The minimum atomic E-state index is -1.79. The van der Waals surface area contributed by atoms with Crippen LogP contribution in [0.1, 0.15) is 27.7 Å². The predicted octanol–water partition coefficient (Wildman–Crippen LogP) is 3.50. The molecule has 1 heterocycles. The maximum atomic E-state index is 11.9. The lowest BCUT2D eigenvalue weighted by molar-refractivity contribution is -0.134. The summed E-state index contributed by atoms with van der Waals surface area (Å²) < 4.78 is 15.8. The monoisotopic (exact) mass is 369 g/mol. The second kappa shape index (κ2) is 8.67. The van der Waals surface area contributed by atoms with Crippen molar-refractivity contribution >= 4 is 20.4 Å². The number of rotatable bonds is 7. The van der Waals surface area contributed by atoms with Crippen LogP contribution >= 0.6 is 0 Å². The summed E-state index contributed by atoms with van der Waals surface area (Å²) in [5, 5.41) is 0.163. The van der Waals surface area contributed by atoms with Gasteiger partial charge in [0, 0.05) is 12.6 Å². The number of esters is 1. The van der Waals surface area contributed by atoms with Crippen molar-refractivity contribution < 1.29 is 23.5 Å². The van der Waals surface area contributed by atoms with Gasteiger partial charge in [-0.1, -0.05) is 38.5 Å². The fourth-order valence-corrected chi connectivity index (χ4v) is 2.94. The van der Waals surface area contributed by atoms with Crippen LogP contribution in [0.2, 0.25) is 18.1 Å². The molecular weight excluding hydrogens is 338 g/mol. The van der Waals surface area contributed by atoms with Crippen molar-refractivity contribution in [2.75, 3.05) is 26.9 Å². The third-order valence-electron chi connectivity index (χ3n) is 4.77. The summed E-state index contributed by atoms with van der Waals surface area (Å²) in [6.45, 7) is 14.2. The van der Waals surface area contributed by atoms with Crippen LogP contribution in [0, 0.1) is 0 Å². The number of cyclic esters (lactones) is 1. The topological polar surface area (TPSA) is 65.1 Å². The molecule has 1 aliphatic heterocycles. The number of amides is 1. The van der Waals surface area contributed by atoms with Crippen molar-refractivity contribution in [3.05, 3.63) is 23.8 Å². The average Bonchev–Trinajstić information content (AvgIpc) is 2.87. The van der Waals surface area contributed by atoms with E-state index < -0.39 is 14.3 Å². The SMILES string of the molecule is COC(=O)/C=C/[C@H]1COC(=O)N1C/C=C(\C)CO[Si](C)(C)C(C)(C)C. The van der Waals surface area contributed by atoms with Crippen LogP contribution in [0.3, 0.4) is 0 Å². The van der Waals surface area contributed by atoms with Crippen molar-refractivity contribution in [3.8, 4) is 0 Å². The minimum Gasteiger partial charge on any atom is -0.466 e. The first-order chi connectivity index (χ1) is 11.5. The molecule has 0 aliphatic carbocycles. The molecule has 0 aromatic heterocycles. The van der Waals surface area contributed by atoms with Gasteiger partial charge in [-0.2, -0.15) is 0 Å². The number of nitrogens with zero attached hydrogens (tertiary/aromatic N) is 1. The van der Waals surface area contributed by atoms with Gasteiger partial charge in [-0.15, -0.1) is 0 Å². The second-order valence-electron chi connectivity index (χ2n) is 7.78. The average molecular weight is 370 g/mol. The maximum absolute atomic E-state index is 11.9. The molecule has 0 radical (unpaired) electrons. The number of carbonyl (C=O) groups is 2. The van der Waals surface area contributed by atoms with Gasteiger partial charge in [-0.25, -0.2) is 9.59 Å². The molecule has 0 N–H and O–H groups in total. The zero-order valence-electron chi connectivity index (χ0n) is 16.4. The molecule has 1 amide bonds. The van der Waals surface area contributed by atoms with Gasteiger partial charge in [0.05, 0.1) is 19.8 Å². The Kier molecular flexibility index (Phi) is 7.43. The molecule has 0 aromatic rings. The van der Waals surface area contributed by atoms with Crippen LogP contribution in [-0.4, -0.2) is 58.2 Å². The Morgan fingerprint density at radius 3 is 2.60 bits per heavy atom. The number of hydrogen-bond donors (Lipinski definition) is 0. The van der Waals surface area contributed by atoms with Gasteiger partial charge < -0.3 is 13.9 Å². The molecule has 142 valence electrons. The first kappa shape index (κ1) is 21.4. The highest BCUT2D eigenvalue weighted by molar-refractivity contribution is 6.74. The van der Waals surface area contributed by atoms with E-state index in [1.807, 2.05) is 13.0 Å². The molecule has 0 unspecified atom stereocenters. The molecular formula is C18H31NO5Si. The molecule has 1 saturated heterocycles. The number of carbonyl (C=O) groups excluding carboxylic acids is 2. The molecule has 1 rings (SSSR count). The van der Waals surface area contributed by atoms with Crippen LogP contribution in [0.15, 0.2) is 23.8 Å². The van der Waals surface area contributed by atoms with Gasteiger partial charge in [-0.3, -0.25) is 4.90 Å². The summed E-state index contributed by atoms with van der Waals surface area (Å²) in [4.78, 5) is 24.6. The molecule has 7 heteroatoms. The molecule has 0 saturated carbocycles. The third kappa shape index (κ3) is 6.32. The molecule has 0 aromatic carbocycles. The molecule has 1 fully saturated rings. The summed E-state index contributed by atoms with van der Waals surface area (Å²) in [7, 11) is -0.479. The molecule has 1 atom stereocenters. The van der Waals surface area contributed by atoms with Gasteiger partial charge in [0.15, 0.2) is 8.32 Å². The van der Waals surface area contributed by atoms with Gasteiger partial charge in [0.2, 0.25) is 0 Å². The lowest BCUT2D eigenvalue weighted by atomic mass is 10.2. The largest absolute Gasteiger partial charge is 0.466 e. The van der Waals surface area contributed by atoms with E-state index in [1.165, 1.54) is 13.2 Å². The summed E-state index contributed by atoms with van der Waals surface area (Å²) in [5.74, 6) is -0.450. The maximum Gasteiger partial charge on any atom is 0.410 e. The lowest BCUT2D eigenvalue weighted by Gasteiger charge is -2.36. The van der Waals surface area contributed by atoms with E-state index in [0.29, 0.717) is 13.2 Å². The van der Waals surface area contributed by atoms with E-state index in [9.17, 15) is 9.59 Å². The highest BCUT2D eigenvalue weighted by atomic mass is 28.4. The van der Waals surface area contributed by atoms with Crippen molar-refractivity contribution in [1.82, 2.24) is 4.90 Å². The predicted molar refractivity (Wildman–Crippen MR) is 99.9 cm³/mol. The summed E-state index contributed by atoms with van der Waals surface area (Å²) in [5.41, 5.74) is 1.07. The number of methoxy groups -OCH3 is 1. The van der Waals surface area contributed by atoms with Gasteiger partial charge in [-0.05, 0) is 25.1 Å². The van der Waals surface area contributed by atoms with Crippen molar-refractivity contribution in [1.29, 1.82) is 0 Å². The Morgan fingerprint density at radius 2 is 2.04 bits per heavy atom. The van der Waals surface area contributed by atoms with Crippen LogP contribution in [0.4, 0.5) is 4.79 Å². The Hall–Kier alpha value is -1.60. The van der Waals surface area contributed by atoms with Crippen molar-refractivity contribution in [3.63, 3.8) is 0 Å². The van der Waals surface area contributed by atoms with E-state index in [1.54, 1.807) is 11.0 Å². The quantitative estimate of drug-likeness (QED) is 0.297. The lowest BCUT2D eigenvalue weighted by Crippen LogP contribution is -2.41. The van der Waals surface area contributed by atoms with Gasteiger partial charge in [0.25, 0.3) is 0 Å². The second-order valence-corrected chi connectivity index (χ2v) is 12.6. The first-order valence-corrected chi connectivity index (χ1v) is 11.4. The summed E-state index contributed by atoms with van der Waals surface area (Å²) >= 11 is 0. The van der Waals surface area contributed by atoms with E-state index in [0.717, 1.165) is 5.57 Å². The molecule has 25 heavy (non-hydrogen) atoms. The molecule has 0 bridgehead atoms. The smallest absolute Gasteiger partial charge is 0.410 e. The van der Waals surface area contributed by atoms with Gasteiger partial charge >= 0.3 is 12.1 Å². The first-order valence-electron chi connectivity index (χ1n) is 8.47. The van der Waals surface area contributed by atoms with Crippen molar-refractivity contribution in [2.24, 2.45) is 0 Å². The van der Waals surface area contributed by atoms with Crippen LogP contribution < -0.4 is 0 Å². The molecule has 1 aliphatic rings. The fraction of sp³-hybridized carbons (Fsp3) is 0.667. The van der Waals surface area contributed by atoms with E-state index >= 15 is 0 Å². The standard InChI is InChI=1S/C18H31NO5Si/c1-14(12-24-25(6,7)18(2,3)4)10-11-19-15(13-23-17(19)21)8-9-16(20)22-5/h8-10,15H,11-13H2,1-7H3/b9-8+,14-10+/t15-/m0/s1. The Bertz CT molecular complexity index is 548. The number of hydrogen-bond acceptors (Lipinski definition) is 5.